The van der Waals surface area contributed by atoms with Crippen molar-refractivity contribution >= 4 is 29.0 Å². The van der Waals surface area contributed by atoms with Crippen molar-refractivity contribution < 1.29 is 4.79 Å². The summed E-state index contributed by atoms with van der Waals surface area (Å²) in [5.41, 5.74) is 0.935. The monoisotopic (exact) mass is 252 g/mol. The van der Waals surface area contributed by atoms with Crippen LogP contribution < -0.4 is 21.3 Å². The van der Waals surface area contributed by atoms with E-state index in [0.29, 0.717) is 18.2 Å². The van der Waals surface area contributed by atoms with Gasteiger partial charge in [-0.3, -0.25) is 0 Å². The molecule has 17 heavy (non-hydrogen) atoms. The molecule has 6 heteroatoms. The Balaban J connectivity index is 2.16. The number of amides is 2. The Morgan fingerprint density at radius 3 is 2.47 bits per heavy atom. The van der Waals surface area contributed by atoms with Gasteiger partial charge in [0.1, 0.15) is 0 Å². The van der Waals surface area contributed by atoms with E-state index in [1.54, 1.807) is 7.05 Å². The van der Waals surface area contributed by atoms with E-state index in [4.69, 9.17) is 12.2 Å². The molecule has 0 heterocycles. The number of rotatable bonds is 4. The first-order valence-electron chi connectivity index (χ1n) is 5.28. The fraction of sp³-hybridized carbons (Fsp3) is 0.273. The summed E-state index contributed by atoms with van der Waals surface area (Å²) in [4.78, 5) is 10.8. The predicted octanol–water partition coefficient (Wildman–Crippen LogP) is 0.902. The summed E-state index contributed by atoms with van der Waals surface area (Å²) in [5.74, 6) is 0. The van der Waals surface area contributed by atoms with Gasteiger partial charge in [-0.25, -0.2) is 4.79 Å². The van der Waals surface area contributed by atoms with Crippen molar-refractivity contribution in [2.45, 2.75) is 0 Å². The molecule has 0 aliphatic carbocycles. The maximum Gasteiger partial charge on any atom is 0.314 e. The molecule has 4 N–H and O–H groups in total. The van der Waals surface area contributed by atoms with E-state index in [-0.39, 0.29) is 6.03 Å². The van der Waals surface area contributed by atoms with Crippen LogP contribution in [0.3, 0.4) is 0 Å². The lowest BCUT2D eigenvalue weighted by Crippen LogP contribution is -2.39. The maximum atomic E-state index is 10.8. The minimum atomic E-state index is -0.200. The van der Waals surface area contributed by atoms with Gasteiger partial charge >= 0.3 is 6.03 Å². The second-order valence-corrected chi connectivity index (χ2v) is 3.66. The second-order valence-electron chi connectivity index (χ2n) is 3.25. The van der Waals surface area contributed by atoms with Gasteiger partial charge in [-0.2, -0.15) is 0 Å². The van der Waals surface area contributed by atoms with Crippen LogP contribution in [0.5, 0.6) is 0 Å². The van der Waals surface area contributed by atoms with Crippen LogP contribution in [0.4, 0.5) is 10.5 Å². The standard InChI is InChI=1S/C11H16N4OS/c1-12-10(16)13-7-8-14-11(17)15-9-5-3-2-4-6-9/h2-6H,7-8H2,1H3,(H2,12,13,16)(H2,14,15,17). The molecular formula is C11H16N4OS. The molecule has 0 spiro atoms. The van der Waals surface area contributed by atoms with Gasteiger partial charge in [-0.1, -0.05) is 18.2 Å². The van der Waals surface area contributed by atoms with Crippen LogP contribution in [0, 0.1) is 0 Å². The van der Waals surface area contributed by atoms with Gasteiger partial charge < -0.3 is 21.3 Å². The summed E-state index contributed by atoms with van der Waals surface area (Å²) in [6.07, 6.45) is 0. The number of hydrogen-bond donors (Lipinski definition) is 4. The van der Waals surface area contributed by atoms with Crippen LogP contribution in [0.25, 0.3) is 0 Å². The van der Waals surface area contributed by atoms with Crippen LogP contribution in [0.1, 0.15) is 0 Å². The molecule has 0 unspecified atom stereocenters. The zero-order chi connectivity index (χ0) is 12.5. The molecule has 0 aliphatic heterocycles. The fourth-order valence-electron chi connectivity index (χ4n) is 1.14. The number of urea groups is 1. The normalized spacial score (nSPS) is 9.24. The highest BCUT2D eigenvalue weighted by Crippen LogP contribution is 2.03. The summed E-state index contributed by atoms with van der Waals surface area (Å²) in [6.45, 7) is 1.09. The molecule has 5 nitrogen and oxygen atoms in total. The van der Waals surface area contributed by atoms with Crippen LogP contribution in [-0.4, -0.2) is 31.3 Å². The quantitative estimate of drug-likeness (QED) is 0.475. The van der Waals surface area contributed by atoms with E-state index in [1.165, 1.54) is 0 Å². The molecule has 0 fully saturated rings. The third kappa shape index (κ3) is 5.72. The lowest BCUT2D eigenvalue weighted by Gasteiger charge is -2.10. The summed E-state index contributed by atoms with van der Waals surface area (Å²) >= 11 is 5.09. The average Bonchev–Trinajstić information content (AvgIpc) is 2.35. The van der Waals surface area contributed by atoms with E-state index in [9.17, 15) is 4.79 Å². The molecule has 0 saturated heterocycles. The smallest absolute Gasteiger partial charge is 0.314 e. The van der Waals surface area contributed by atoms with Crippen molar-refractivity contribution in [3.63, 3.8) is 0 Å². The molecule has 1 aromatic carbocycles. The zero-order valence-electron chi connectivity index (χ0n) is 9.62. The number of hydrogen-bond acceptors (Lipinski definition) is 2. The van der Waals surface area contributed by atoms with Crippen molar-refractivity contribution in [1.29, 1.82) is 0 Å². The molecule has 0 radical (unpaired) electrons. The Morgan fingerprint density at radius 2 is 1.82 bits per heavy atom. The molecular weight excluding hydrogens is 236 g/mol. The maximum absolute atomic E-state index is 10.8. The van der Waals surface area contributed by atoms with Crippen LogP contribution in [0.2, 0.25) is 0 Å². The predicted molar refractivity (Wildman–Crippen MR) is 73.1 cm³/mol. The van der Waals surface area contributed by atoms with Crippen molar-refractivity contribution in [3.8, 4) is 0 Å². The summed E-state index contributed by atoms with van der Waals surface area (Å²) in [6, 6.07) is 9.45. The minimum Gasteiger partial charge on any atom is -0.361 e. The Morgan fingerprint density at radius 1 is 1.18 bits per heavy atom. The molecule has 1 rings (SSSR count). The number of carbonyl (C=O) groups excluding carboxylic acids is 1. The molecule has 1 aromatic rings. The lowest BCUT2D eigenvalue weighted by atomic mass is 10.3. The number of para-hydroxylation sites is 1. The van der Waals surface area contributed by atoms with Gasteiger partial charge in [0.2, 0.25) is 0 Å². The summed E-state index contributed by atoms with van der Waals surface area (Å²) in [5, 5.41) is 11.7. The summed E-state index contributed by atoms with van der Waals surface area (Å²) < 4.78 is 0. The highest BCUT2D eigenvalue weighted by atomic mass is 32.1. The Bertz CT molecular complexity index is 369. The number of benzene rings is 1. The van der Waals surface area contributed by atoms with Crippen molar-refractivity contribution in [2.24, 2.45) is 0 Å². The topological polar surface area (TPSA) is 65.2 Å². The van der Waals surface area contributed by atoms with Crippen LogP contribution >= 0.6 is 12.2 Å². The van der Waals surface area contributed by atoms with Crippen LogP contribution in [-0.2, 0) is 0 Å². The first kappa shape index (κ1) is 13.2. The summed E-state index contributed by atoms with van der Waals surface area (Å²) in [7, 11) is 1.57. The van der Waals surface area contributed by atoms with Crippen LogP contribution in [0.15, 0.2) is 30.3 Å². The van der Waals surface area contributed by atoms with Gasteiger partial charge in [0, 0.05) is 25.8 Å². The van der Waals surface area contributed by atoms with Crippen molar-refractivity contribution in [1.82, 2.24) is 16.0 Å². The molecule has 0 aromatic heterocycles. The lowest BCUT2D eigenvalue weighted by molar-refractivity contribution is 0.243. The molecule has 0 atom stereocenters. The molecule has 92 valence electrons. The minimum absolute atomic E-state index is 0.200. The highest BCUT2D eigenvalue weighted by Gasteiger charge is 1.97. The Hall–Kier alpha value is -1.82. The third-order valence-electron chi connectivity index (χ3n) is 1.95. The van der Waals surface area contributed by atoms with E-state index >= 15 is 0 Å². The van der Waals surface area contributed by atoms with Crippen molar-refractivity contribution in [2.75, 3.05) is 25.5 Å². The second kappa shape index (κ2) is 7.45. The Kier molecular flexibility index (Phi) is 5.81. The first-order chi connectivity index (χ1) is 8.22. The SMILES string of the molecule is CNC(=O)NCCNC(=S)Nc1ccccc1. The largest absolute Gasteiger partial charge is 0.361 e. The van der Waals surface area contributed by atoms with Gasteiger partial charge in [-0.15, -0.1) is 0 Å². The number of anilines is 1. The molecule has 2 amide bonds. The number of carbonyl (C=O) groups is 1. The Labute approximate surface area is 106 Å². The zero-order valence-corrected chi connectivity index (χ0v) is 10.4. The fourth-order valence-corrected chi connectivity index (χ4v) is 1.36. The first-order valence-corrected chi connectivity index (χ1v) is 5.68. The molecule has 0 aliphatic rings. The third-order valence-corrected chi connectivity index (χ3v) is 2.20. The van der Waals surface area contributed by atoms with Gasteiger partial charge in [-0.05, 0) is 24.4 Å². The van der Waals surface area contributed by atoms with Gasteiger partial charge in [0.25, 0.3) is 0 Å². The van der Waals surface area contributed by atoms with E-state index in [2.05, 4.69) is 21.3 Å². The number of thiocarbonyl (C=S) groups is 1. The van der Waals surface area contributed by atoms with Crippen molar-refractivity contribution in [3.05, 3.63) is 30.3 Å². The highest BCUT2D eigenvalue weighted by molar-refractivity contribution is 7.80. The van der Waals surface area contributed by atoms with E-state index in [0.717, 1.165) is 5.69 Å². The van der Waals surface area contributed by atoms with E-state index < -0.39 is 0 Å². The van der Waals surface area contributed by atoms with Gasteiger partial charge in [0.05, 0.1) is 0 Å². The molecule has 0 bridgehead atoms. The van der Waals surface area contributed by atoms with Gasteiger partial charge in [0.15, 0.2) is 5.11 Å². The molecule has 0 saturated carbocycles. The average molecular weight is 252 g/mol. The van der Waals surface area contributed by atoms with E-state index in [1.807, 2.05) is 30.3 Å². The number of nitrogens with one attached hydrogen (secondary N) is 4.